The number of carbonyl (C=O) groups is 3. The number of aliphatic hydroxyl groups is 1. The highest BCUT2D eigenvalue weighted by Crippen LogP contribution is 2.60. The van der Waals surface area contributed by atoms with E-state index < -0.39 is 35.6 Å². The smallest absolute Gasteiger partial charge is 0.312 e. The van der Waals surface area contributed by atoms with E-state index in [9.17, 15) is 19.5 Å². The number of benzene rings is 1. The highest BCUT2D eigenvalue weighted by Gasteiger charge is 2.77. The number of halogens is 1. The molecule has 0 aromatic heterocycles. The highest BCUT2D eigenvalue weighted by molar-refractivity contribution is 9.09. The van der Waals surface area contributed by atoms with Crippen molar-refractivity contribution >= 4 is 33.7 Å². The Balaban J connectivity index is 1.72. The van der Waals surface area contributed by atoms with Crippen LogP contribution in [0.5, 0.6) is 0 Å². The third kappa shape index (κ3) is 3.90. The fourth-order valence-electron chi connectivity index (χ4n) is 5.63. The first-order chi connectivity index (χ1) is 15.9. The molecule has 3 aliphatic heterocycles. The number of aliphatic hydroxyl groups excluding tert-OH is 1. The van der Waals surface area contributed by atoms with Crippen molar-refractivity contribution in [2.75, 3.05) is 26.3 Å². The van der Waals surface area contributed by atoms with Crippen LogP contribution in [0.1, 0.15) is 18.9 Å². The molecule has 3 aliphatic rings. The van der Waals surface area contributed by atoms with E-state index in [-0.39, 0.29) is 42.9 Å². The molecule has 2 bridgehead atoms. The first-order valence-corrected chi connectivity index (χ1v) is 12.1. The molecule has 6 atom stereocenters. The summed E-state index contributed by atoms with van der Waals surface area (Å²) in [4.78, 5) is 43.2. The van der Waals surface area contributed by atoms with Crippen LogP contribution in [0.2, 0.25) is 0 Å². The number of amides is 2. The second-order valence-corrected chi connectivity index (χ2v) is 9.84. The molecule has 0 aliphatic carbocycles. The summed E-state index contributed by atoms with van der Waals surface area (Å²) < 4.78 is 11.6. The van der Waals surface area contributed by atoms with E-state index in [4.69, 9.17) is 9.47 Å². The lowest BCUT2D eigenvalue weighted by molar-refractivity contribution is -0.155. The van der Waals surface area contributed by atoms with Gasteiger partial charge in [-0.2, -0.15) is 0 Å². The molecule has 4 rings (SSSR count). The Labute approximate surface area is 201 Å². The lowest BCUT2D eigenvalue weighted by atomic mass is 9.70. The van der Waals surface area contributed by atoms with Gasteiger partial charge in [0.15, 0.2) is 0 Å². The summed E-state index contributed by atoms with van der Waals surface area (Å²) in [6.45, 7) is 6.00. The van der Waals surface area contributed by atoms with Crippen LogP contribution >= 0.6 is 15.9 Å². The van der Waals surface area contributed by atoms with Crippen LogP contribution in [-0.2, 0) is 30.4 Å². The van der Waals surface area contributed by atoms with Crippen LogP contribution in [0.4, 0.5) is 0 Å². The van der Waals surface area contributed by atoms with Crippen molar-refractivity contribution < 1.29 is 29.0 Å². The Morgan fingerprint density at radius 2 is 2.12 bits per heavy atom. The van der Waals surface area contributed by atoms with Gasteiger partial charge < -0.3 is 24.4 Å². The number of hydrogen-bond acceptors (Lipinski definition) is 6. The van der Waals surface area contributed by atoms with Gasteiger partial charge in [0.2, 0.25) is 11.8 Å². The number of rotatable bonds is 9. The van der Waals surface area contributed by atoms with Gasteiger partial charge in [0.25, 0.3) is 0 Å². The topological polar surface area (TPSA) is 96.4 Å². The van der Waals surface area contributed by atoms with Crippen LogP contribution in [0, 0.1) is 11.8 Å². The Bertz CT molecular complexity index is 927. The summed E-state index contributed by atoms with van der Waals surface area (Å²) >= 11 is 3.61. The van der Waals surface area contributed by atoms with E-state index in [1.54, 1.807) is 17.9 Å². The summed E-state index contributed by atoms with van der Waals surface area (Å²) in [7, 11) is 0. The number of nitrogens with zero attached hydrogens (tertiary/aromatic N) is 2. The minimum absolute atomic E-state index is 0.0166. The normalized spacial score (nSPS) is 32.0. The first kappa shape index (κ1) is 23.9. The standard InChI is InChI=1S/C24H29BrN2O6/c1-3-10-26(14-15-8-6-5-7-9-15)22(30)20-24-13-16(25)19(33-24)17(23(31)32-4-2)18(24)21(29)27(20)11-12-28/h3,5-9,16-20,28H,1,4,10-14H2,2H3/t16?,17-,18+,19-,20-,24+/m1/s1. The van der Waals surface area contributed by atoms with Crippen molar-refractivity contribution in [3.63, 3.8) is 0 Å². The fourth-order valence-corrected chi connectivity index (χ4v) is 6.57. The van der Waals surface area contributed by atoms with Gasteiger partial charge in [-0.05, 0) is 18.9 Å². The Hall–Kier alpha value is -2.23. The molecule has 1 unspecified atom stereocenters. The maximum atomic E-state index is 14.0. The fraction of sp³-hybridized carbons (Fsp3) is 0.542. The number of carbonyl (C=O) groups excluding carboxylic acids is 3. The number of alkyl halides is 1. The molecule has 2 amide bonds. The predicted molar refractivity (Wildman–Crippen MR) is 123 cm³/mol. The van der Waals surface area contributed by atoms with Crippen molar-refractivity contribution in [1.29, 1.82) is 0 Å². The van der Waals surface area contributed by atoms with Crippen molar-refractivity contribution in [3.8, 4) is 0 Å². The van der Waals surface area contributed by atoms with Crippen molar-refractivity contribution in [3.05, 3.63) is 48.6 Å². The van der Waals surface area contributed by atoms with Crippen LogP contribution in [0.25, 0.3) is 0 Å². The zero-order valence-corrected chi connectivity index (χ0v) is 20.1. The summed E-state index contributed by atoms with van der Waals surface area (Å²) in [6.07, 6.45) is 1.51. The number of likely N-dealkylation sites (tertiary alicyclic amines) is 1. The van der Waals surface area contributed by atoms with Crippen LogP contribution in [-0.4, -0.2) is 81.6 Å². The van der Waals surface area contributed by atoms with Crippen LogP contribution in [0.3, 0.4) is 0 Å². The van der Waals surface area contributed by atoms with E-state index in [1.807, 2.05) is 30.3 Å². The zero-order chi connectivity index (χ0) is 23.8. The van der Waals surface area contributed by atoms with Crippen molar-refractivity contribution in [2.24, 2.45) is 11.8 Å². The van der Waals surface area contributed by atoms with E-state index >= 15 is 0 Å². The molecule has 1 aromatic carbocycles. The second-order valence-electron chi connectivity index (χ2n) is 8.66. The number of esters is 1. The molecule has 178 valence electrons. The molecule has 1 N–H and O–H groups in total. The summed E-state index contributed by atoms with van der Waals surface area (Å²) in [5.74, 6) is -2.74. The maximum Gasteiger partial charge on any atom is 0.312 e. The first-order valence-electron chi connectivity index (χ1n) is 11.2. The third-order valence-corrected chi connectivity index (χ3v) is 7.64. The monoisotopic (exact) mass is 520 g/mol. The molecule has 0 radical (unpaired) electrons. The van der Waals surface area contributed by atoms with E-state index in [0.29, 0.717) is 13.0 Å². The number of hydrogen-bond donors (Lipinski definition) is 1. The third-order valence-electron chi connectivity index (χ3n) is 6.80. The minimum atomic E-state index is -1.16. The Morgan fingerprint density at radius 3 is 2.76 bits per heavy atom. The van der Waals surface area contributed by atoms with E-state index in [2.05, 4.69) is 22.5 Å². The Morgan fingerprint density at radius 1 is 1.39 bits per heavy atom. The SMILES string of the molecule is C=CCN(Cc1ccccc1)C(=O)[C@H]1N(CCO)C(=O)[C@@H]2[C@@H](C(=O)OCC)[C@@H]3O[C@@]21CC3Br. The molecule has 0 saturated carbocycles. The molecule has 33 heavy (non-hydrogen) atoms. The number of ether oxygens (including phenoxy) is 2. The molecule has 3 fully saturated rings. The second kappa shape index (κ2) is 9.56. The van der Waals surface area contributed by atoms with Gasteiger partial charge in [-0.1, -0.05) is 52.3 Å². The molecule has 3 saturated heterocycles. The van der Waals surface area contributed by atoms with Gasteiger partial charge >= 0.3 is 5.97 Å². The molecule has 1 aromatic rings. The number of β-amino-alcohol motifs (C(OH)–C–C–N with tert-alkyl or cyclic N) is 1. The average molecular weight is 521 g/mol. The Kier molecular flexibility index (Phi) is 6.93. The summed E-state index contributed by atoms with van der Waals surface area (Å²) in [6, 6.07) is 8.62. The molecule has 8 nitrogen and oxygen atoms in total. The van der Waals surface area contributed by atoms with Crippen LogP contribution < -0.4 is 0 Å². The highest BCUT2D eigenvalue weighted by atomic mass is 79.9. The van der Waals surface area contributed by atoms with Gasteiger partial charge in [0.1, 0.15) is 11.6 Å². The van der Waals surface area contributed by atoms with Gasteiger partial charge in [-0.15, -0.1) is 6.58 Å². The molecule has 9 heteroatoms. The average Bonchev–Trinajstić information content (AvgIpc) is 3.38. The van der Waals surface area contributed by atoms with Crippen molar-refractivity contribution in [2.45, 2.75) is 42.5 Å². The molecular weight excluding hydrogens is 492 g/mol. The van der Waals surface area contributed by atoms with Gasteiger partial charge in [-0.3, -0.25) is 14.4 Å². The van der Waals surface area contributed by atoms with E-state index in [1.165, 1.54) is 4.90 Å². The van der Waals surface area contributed by atoms with Crippen molar-refractivity contribution in [1.82, 2.24) is 9.80 Å². The molecule has 3 heterocycles. The van der Waals surface area contributed by atoms with Gasteiger partial charge in [-0.25, -0.2) is 0 Å². The number of fused-ring (bicyclic) bond motifs is 1. The van der Waals surface area contributed by atoms with Gasteiger partial charge in [0.05, 0.1) is 31.2 Å². The van der Waals surface area contributed by atoms with E-state index in [0.717, 1.165) is 5.56 Å². The lowest BCUT2D eigenvalue weighted by Gasteiger charge is -2.37. The molecular formula is C24H29BrN2O6. The largest absolute Gasteiger partial charge is 0.466 e. The quantitative estimate of drug-likeness (QED) is 0.301. The maximum absolute atomic E-state index is 14.0. The lowest BCUT2D eigenvalue weighted by Crippen LogP contribution is -2.56. The predicted octanol–water partition coefficient (Wildman–Crippen LogP) is 1.50. The van der Waals surface area contributed by atoms with Gasteiger partial charge in [0, 0.05) is 24.5 Å². The zero-order valence-electron chi connectivity index (χ0n) is 18.6. The summed E-state index contributed by atoms with van der Waals surface area (Å²) in [5, 5.41) is 9.69. The van der Waals surface area contributed by atoms with Crippen LogP contribution in [0.15, 0.2) is 43.0 Å². The minimum Gasteiger partial charge on any atom is -0.466 e. The summed E-state index contributed by atoms with van der Waals surface area (Å²) in [5.41, 5.74) is -0.213. The molecule has 1 spiro atoms.